The van der Waals surface area contributed by atoms with Gasteiger partial charge in [0.05, 0.1) is 12.4 Å². The molecule has 0 heterocycles. The summed E-state index contributed by atoms with van der Waals surface area (Å²) in [6.07, 6.45) is 3.24. The Morgan fingerprint density at radius 3 is 1.39 bits per heavy atom. The average molecular weight is 372 g/mol. The minimum atomic E-state index is -1.06. The first kappa shape index (κ1) is 21.1. The second kappa shape index (κ2) is 9.15. The van der Waals surface area contributed by atoms with E-state index in [4.69, 9.17) is 0 Å². The normalized spacial score (nSPS) is 11.8. The first-order chi connectivity index (χ1) is 13.1. The van der Waals surface area contributed by atoms with Crippen LogP contribution in [0.2, 0.25) is 0 Å². The standard InChI is InChI=1S/C24H24N2O2/c1-23(2,27)15-13-19-9-5-7-11-21(19)17-25-26-18-22-12-8-6-10-20(22)14-16-24(3,4)28/h5-12,17-18,27-28H,1-4H3/b25-17+,26-18+. The molecule has 0 saturated heterocycles. The van der Waals surface area contributed by atoms with E-state index >= 15 is 0 Å². The Balaban J connectivity index is 2.22. The molecule has 2 aromatic rings. The van der Waals surface area contributed by atoms with Crippen LogP contribution in [-0.2, 0) is 0 Å². The Kier molecular flexibility index (Phi) is 6.90. The molecule has 142 valence electrons. The second-order valence-electron chi connectivity index (χ2n) is 7.28. The summed E-state index contributed by atoms with van der Waals surface area (Å²) in [7, 11) is 0. The highest BCUT2D eigenvalue weighted by atomic mass is 16.3. The molecule has 0 amide bonds. The summed E-state index contributed by atoms with van der Waals surface area (Å²) < 4.78 is 0. The Hall–Kier alpha value is -3.18. The molecule has 0 aliphatic carbocycles. The number of hydrogen-bond donors (Lipinski definition) is 2. The Morgan fingerprint density at radius 2 is 1.04 bits per heavy atom. The molecule has 0 spiro atoms. The lowest BCUT2D eigenvalue weighted by Gasteiger charge is -2.06. The number of benzene rings is 2. The van der Waals surface area contributed by atoms with E-state index in [9.17, 15) is 10.2 Å². The van der Waals surface area contributed by atoms with Gasteiger partial charge in [-0.05, 0) is 39.8 Å². The van der Waals surface area contributed by atoms with Gasteiger partial charge in [-0.25, -0.2) is 0 Å². The smallest absolute Gasteiger partial charge is 0.120 e. The SMILES string of the molecule is CC(C)(O)C#Cc1ccccc1/C=N/N=C/c1ccccc1C#CC(C)(C)O. The molecule has 0 aliphatic heterocycles. The summed E-state index contributed by atoms with van der Waals surface area (Å²) >= 11 is 0. The molecule has 4 nitrogen and oxygen atoms in total. The van der Waals surface area contributed by atoms with Crippen LogP contribution in [0.5, 0.6) is 0 Å². The fraction of sp³-hybridized carbons (Fsp3) is 0.250. The Bertz CT molecular complexity index is 915. The van der Waals surface area contributed by atoms with Gasteiger partial charge >= 0.3 is 0 Å². The number of nitrogens with zero attached hydrogens (tertiary/aromatic N) is 2. The van der Waals surface area contributed by atoms with Gasteiger partial charge in [0.15, 0.2) is 0 Å². The first-order valence-corrected chi connectivity index (χ1v) is 8.90. The summed E-state index contributed by atoms with van der Waals surface area (Å²) in [5, 5.41) is 27.8. The molecule has 0 unspecified atom stereocenters. The monoisotopic (exact) mass is 372 g/mol. The molecule has 28 heavy (non-hydrogen) atoms. The zero-order chi connectivity index (χ0) is 20.6. The van der Waals surface area contributed by atoms with Gasteiger partial charge in [-0.3, -0.25) is 0 Å². The zero-order valence-corrected chi connectivity index (χ0v) is 16.6. The Labute approximate surface area is 166 Å². The van der Waals surface area contributed by atoms with Crippen molar-refractivity contribution in [1.29, 1.82) is 0 Å². The summed E-state index contributed by atoms with van der Waals surface area (Å²) in [5.41, 5.74) is 1.03. The molecule has 0 bridgehead atoms. The maximum absolute atomic E-state index is 9.77. The predicted molar refractivity (Wildman–Crippen MR) is 114 cm³/mol. The van der Waals surface area contributed by atoms with Gasteiger partial charge in [0.25, 0.3) is 0 Å². The lowest BCUT2D eigenvalue weighted by molar-refractivity contribution is 0.143. The third-order valence-electron chi connectivity index (χ3n) is 3.39. The summed E-state index contributed by atoms with van der Waals surface area (Å²) in [5.74, 6) is 11.5. The Morgan fingerprint density at radius 1 is 0.679 bits per heavy atom. The fourth-order valence-electron chi connectivity index (χ4n) is 2.08. The van der Waals surface area contributed by atoms with Crippen molar-refractivity contribution in [3.63, 3.8) is 0 Å². The van der Waals surface area contributed by atoms with Gasteiger partial charge in [0, 0.05) is 22.3 Å². The molecule has 2 N–H and O–H groups in total. The maximum atomic E-state index is 9.77. The maximum Gasteiger partial charge on any atom is 0.120 e. The van der Waals surface area contributed by atoms with Crippen LogP contribution < -0.4 is 0 Å². The van der Waals surface area contributed by atoms with Crippen LogP contribution in [0.25, 0.3) is 0 Å². The van der Waals surface area contributed by atoms with Crippen molar-refractivity contribution in [3.8, 4) is 23.7 Å². The van der Waals surface area contributed by atoms with Crippen LogP contribution in [0.1, 0.15) is 49.9 Å². The van der Waals surface area contributed by atoms with E-state index in [1.165, 1.54) is 0 Å². The van der Waals surface area contributed by atoms with Gasteiger partial charge in [-0.1, -0.05) is 60.1 Å². The lowest BCUT2D eigenvalue weighted by Crippen LogP contribution is -2.14. The van der Waals surface area contributed by atoms with E-state index < -0.39 is 11.2 Å². The third kappa shape index (κ3) is 7.60. The lowest BCUT2D eigenvalue weighted by atomic mass is 10.1. The van der Waals surface area contributed by atoms with Crippen molar-refractivity contribution in [2.45, 2.75) is 38.9 Å². The highest BCUT2D eigenvalue weighted by Crippen LogP contribution is 2.08. The van der Waals surface area contributed by atoms with Crippen molar-refractivity contribution >= 4 is 12.4 Å². The van der Waals surface area contributed by atoms with Crippen molar-refractivity contribution in [2.75, 3.05) is 0 Å². The summed E-state index contributed by atoms with van der Waals surface area (Å²) in [4.78, 5) is 0. The molecule has 2 rings (SSSR count). The van der Waals surface area contributed by atoms with E-state index in [2.05, 4.69) is 33.9 Å². The summed E-state index contributed by atoms with van der Waals surface area (Å²) in [6, 6.07) is 15.0. The van der Waals surface area contributed by atoms with Crippen molar-refractivity contribution in [1.82, 2.24) is 0 Å². The minimum absolute atomic E-state index is 0.764. The second-order valence-corrected chi connectivity index (χ2v) is 7.28. The molecule has 4 heteroatoms. The van der Waals surface area contributed by atoms with Gasteiger partial charge in [-0.2, -0.15) is 10.2 Å². The van der Waals surface area contributed by atoms with E-state index in [-0.39, 0.29) is 0 Å². The molecule has 2 aromatic carbocycles. The molecule has 0 fully saturated rings. The van der Waals surface area contributed by atoms with Crippen molar-refractivity contribution < 1.29 is 10.2 Å². The molecule has 0 aliphatic rings. The van der Waals surface area contributed by atoms with Crippen LogP contribution >= 0.6 is 0 Å². The fourth-order valence-corrected chi connectivity index (χ4v) is 2.08. The van der Waals surface area contributed by atoms with Crippen LogP contribution in [0.3, 0.4) is 0 Å². The van der Waals surface area contributed by atoms with Gasteiger partial charge in [0.2, 0.25) is 0 Å². The van der Waals surface area contributed by atoms with E-state index in [0.717, 1.165) is 22.3 Å². The van der Waals surface area contributed by atoms with Crippen molar-refractivity contribution in [3.05, 3.63) is 70.8 Å². The number of aliphatic hydroxyl groups is 2. The minimum Gasteiger partial charge on any atom is -0.378 e. The third-order valence-corrected chi connectivity index (χ3v) is 3.39. The largest absolute Gasteiger partial charge is 0.378 e. The highest BCUT2D eigenvalue weighted by Gasteiger charge is 2.07. The molecule has 0 aromatic heterocycles. The topological polar surface area (TPSA) is 65.2 Å². The number of rotatable bonds is 3. The van der Waals surface area contributed by atoms with Gasteiger partial charge in [0.1, 0.15) is 11.2 Å². The van der Waals surface area contributed by atoms with Crippen LogP contribution in [-0.4, -0.2) is 33.8 Å². The molecule has 0 radical (unpaired) electrons. The zero-order valence-electron chi connectivity index (χ0n) is 16.6. The predicted octanol–water partition coefficient (Wildman–Crippen LogP) is 3.38. The average Bonchev–Trinajstić information content (AvgIpc) is 2.62. The van der Waals surface area contributed by atoms with Crippen LogP contribution in [0, 0.1) is 23.7 Å². The van der Waals surface area contributed by atoms with Crippen LogP contribution in [0.4, 0.5) is 0 Å². The van der Waals surface area contributed by atoms with Gasteiger partial charge in [-0.15, -0.1) is 0 Å². The van der Waals surface area contributed by atoms with Gasteiger partial charge < -0.3 is 10.2 Å². The molecule has 0 saturated carbocycles. The highest BCUT2D eigenvalue weighted by molar-refractivity contribution is 5.86. The van der Waals surface area contributed by atoms with Crippen LogP contribution in [0.15, 0.2) is 58.7 Å². The van der Waals surface area contributed by atoms with E-state index in [0.29, 0.717) is 0 Å². The molecular weight excluding hydrogens is 348 g/mol. The summed E-state index contributed by atoms with van der Waals surface area (Å²) in [6.45, 7) is 6.55. The van der Waals surface area contributed by atoms with E-state index in [1.54, 1.807) is 40.1 Å². The molecule has 0 atom stereocenters. The quantitative estimate of drug-likeness (QED) is 0.493. The number of hydrogen-bond acceptors (Lipinski definition) is 4. The van der Waals surface area contributed by atoms with Crippen molar-refractivity contribution in [2.24, 2.45) is 10.2 Å². The first-order valence-electron chi connectivity index (χ1n) is 8.90. The molecular formula is C24H24N2O2. The van der Waals surface area contributed by atoms with E-state index in [1.807, 2.05) is 48.5 Å².